The van der Waals surface area contributed by atoms with Gasteiger partial charge in [-0.3, -0.25) is 9.88 Å². The Morgan fingerprint density at radius 3 is 2.58 bits per heavy atom. The molecular weight excluding hydrogens is 530 g/mol. The highest BCUT2D eigenvalue weighted by molar-refractivity contribution is 6.30. The Labute approximate surface area is 238 Å². The molecule has 3 heterocycles. The maximum Gasteiger partial charge on any atom is 0.410 e. The number of nitrogens with one attached hydrogen (secondary N) is 1. The van der Waals surface area contributed by atoms with Gasteiger partial charge in [-0.25, -0.2) is 14.6 Å². The number of pyridine rings is 1. The van der Waals surface area contributed by atoms with Crippen LogP contribution in [0.1, 0.15) is 60.9 Å². The topological polar surface area (TPSA) is 119 Å². The molecule has 0 bridgehead atoms. The molecule has 0 radical (unpaired) electrons. The standard InChI is InChI=1S/C29H34ClN7O3/c1-29(2,3)40-28(39)37-12-10-36(11-13-37)26-20-8-7-19(30)15-21(20)22(14-18-6-5-9-33-24(18)26)25(34-27(31)38)23-16-32-17-35(23)4/h5-9,14-17,25-26H,10-13H2,1-4H3,(H3,31,34,38)/t25?,26-/m0/s1. The van der Waals surface area contributed by atoms with Gasteiger partial charge >= 0.3 is 12.1 Å². The van der Waals surface area contributed by atoms with Crippen molar-refractivity contribution in [1.29, 1.82) is 0 Å². The number of urea groups is 1. The van der Waals surface area contributed by atoms with Gasteiger partial charge in [-0.2, -0.15) is 0 Å². The number of nitrogens with zero attached hydrogens (tertiary/aromatic N) is 5. The summed E-state index contributed by atoms with van der Waals surface area (Å²) in [6.07, 6.45) is 6.93. The number of hydrogen-bond acceptors (Lipinski definition) is 6. The van der Waals surface area contributed by atoms with Gasteiger partial charge in [0, 0.05) is 44.4 Å². The van der Waals surface area contributed by atoms with Gasteiger partial charge in [0.15, 0.2) is 0 Å². The van der Waals surface area contributed by atoms with Crippen LogP contribution in [-0.4, -0.2) is 68.2 Å². The van der Waals surface area contributed by atoms with Gasteiger partial charge in [-0.15, -0.1) is 0 Å². The van der Waals surface area contributed by atoms with Crippen molar-refractivity contribution in [1.82, 2.24) is 29.7 Å². The zero-order chi connectivity index (χ0) is 28.6. The second-order valence-corrected chi connectivity index (χ2v) is 11.5. The predicted octanol–water partition coefficient (Wildman–Crippen LogP) is 4.37. The molecule has 5 rings (SSSR count). The zero-order valence-electron chi connectivity index (χ0n) is 23.1. The first-order chi connectivity index (χ1) is 19.0. The summed E-state index contributed by atoms with van der Waals surface area (Å²) in [6.45, 7) is 7.91. The van der Waals surface area contributed by atoms with Crippen LogP contribution in [0.15, 0.2) is 49.1 Å². The third-order valence-corrected chi connectivity index (χ3v) is 7.38. The number of carbonyl (C=O) groups is 2. The average Bonchev–Trinajstić information content (AvgIpc) is 3.26. The fraction of sp³-hybridized carbons (Fsp3) is 0.379. The van der Waals surface area contributed by atoms with Crippen molar-refractivity contribution < 1.29 is 14.3 Å². The number of carbonyl (C=O) groups excluding carboxylic acids is 2. The third kappa shape index (κ3) is 5.68. The molecule has 3 N–H and O–H groups in total. The summed E-state index contributed by atoms with van der Waals surface area (Å²) < 4.78 is 7.46. The molecule has 210 valence electrons. The van der Waals surface area contributed by atoms with Crippen LogP contribution >= 0.6 is 11.6 Å². The Bertz CT molecular complexity index is 1450. The highest BCUT2D eigenvalue weighted by Crippen LogP contribution is 2.44. The lowest BCUT2D eigenvalue weighted by Gasteiger charge is -2.40. The Morgan fingerprint density at radius 2 is 1.93 bits per heavy atom. The van der Waals surface area contributed by atoms with E-state index in [0.29, 0.717) is 31.2 Å². The molecular formula is C29H34ClN7O3. The van der Waals surface area contributed by atoms with Crippen LogP contribution in [0.4, 0.5) is 9.59 Å². The summed E-state index contributed by atoms with van der Waals surface area (Å²) in [6, 6.07) is 8.28. The van der Waals surface area contributed by atoms with E-state index in [0.717, 1.165) is 33.7 Å². The van der Waals surface area contributed by atoms with Gasteiger partial charge in [-0.1, -0.05) is 23.7 Å². The van der Waals surface area contributed by atoms with E-state index < -0.39 is 17.7 Å². The van der Waals surface area contributed by atoms with Crippen LogP contribution < -0.4 is 11.1 Å². The fourth-order valence-electron chi connectivity index (χ4n) is 5.39. The quantitative estimate of drug-likeness (QED) is 0.486. The van der Waals surface area contributed by atoms with E-state index in [-0.39, 0.29) is 12.1 Å². The summed E-state index contributed by atoms with van der Waals surface area (Å²) in [5.74, 6) is 0. The van der Waals surface area contributed by atoms with E-state index >= 15 is 0 Å². The van der Waals surface area contributed by atoms with E-state index in [1.807, 2.05) is 68.8 Å². The minimum atomic E-state index is -0.652. The lowest BCUT2D eigenvalue weighted by Crippen LogP contribution is -2.51. The molecule has 1 aromatic carbocycles. The fourth-order valence-corrected chi connectivity index (χ4v) is 5.56. The van der Waals surface area contributed by atoms with E-state index in [9.17, 15) is 9.59 Å². The average molecular weight is 564 g/mol. The van der Waals surface area contributed by atoms with Crippen LogP contribution in [0.5, 0.6) is 0 Å². The number of aryl methyl sites for hydroxylation is 1. The molecule has 2 aromatic heterocycles. The number of imidazole rings is 1. The molecule has 40 heavy (non-hydrogen) atoms. The highest BCUT2D eigenvalue weighted by atomic mass is 35.5. The molecule has 1 fully saturated rings. The largest absolute Gasteiger partial charge is 0.444 e. The van der Waals surface area contributed by atoms with Gasteiger partial charge in [-0.05, 0) is 67.3 Å². The van der Waals surface area contributed by atoms with E-state index in [4.69, 9.17) is 27.1 Å². The minimum absolute atomic E-state index is 0.209. The molecule has 11 heteroatoms. The summed E-state index contributed by atoms with van der Waals surface area (Å²) >= 11 is 6.57. The van der Waals surface area contributed by atoms with Crippen molar-refractivity contribution in [3.8, 4) is 0 Å². The second kappa shape index (κ2) is 10.9. The molecule has 3 aromatic rings. The Morgan fingerprint density at radius 1 is 1.18 bits per heavy atom. The number of aromatic nitrogens is 3. The predicted molar refractivity (Wildman–Crippen MR) is 153 cm³/mol. The number of fused-ring (bicyclic) bond motifs is 2. The first-order valence-electron chi connectivity index (χ1n) is 13.2. The maximum absolute atomic E-state index is 12.7. The van der Waals surface area contributed by atoms with Gasteiger partial charge < -0.3 is 25.3 Å². The number of piperazine rings is 1. The van der Waals surface area contributed by atoms with Crippen LogP contribution in [0.3, 0.4) is 0 Å². The van der Waals surface area contributed by atoms with E-state index in [1.54, 1.807) is 23.6 Å². The Kier molecular flexibility index (Phi) is 7.57. The molecule has 0 saturated carbocycles. The van der Waals surface area contributed by atoms with Gasteiger partial charge in [0.05, 0.1) is 36.0 Å². The molecule has 0 spiro atoms. The number of ether oxygens (including phenoxy) is 1. The lowest BCUT2D eigenvalue weighted by molar-refractivity contribution is 0.0118. The smallest absolute Gasteiger partial charge is 0.410 e. The van der Waals surface area contributed by atoms with Crippen molar-refractivity contribution in [3.63, 3.8) is 0 Å². The minimum Gasteiger partial charge on any atom is -0.444 e. The van der Waals surface area contributed by atoms with Crippen LogP contribution in [-0.2, 0) is 11.8 Å². The summed E-state index contributed by atoms with van der Waals surface area (Å²) in [5, 5.41) is 3.49. The molecule has 1 aliphatic heterocycles. The summed E-state index contributed by atoms with van der Waals surface area (Å²) in [4.78, 5) is 38.1. The maximum atomic E-state index is 12.7. The normalized spacial score (nSPS) is 18.2. The number of nitrogens with two attached hydrogens (primary N) is 1. The van der Waals surface area contributed by atoms with Crippen molar-refractivity contribution in [2.24, 2.45) is 12.8 Å². The number of halogens is 1. The third-order valence-electron chi connectivity index (χ3n) is 7.14. The van der Waals surface area contributed by atoms with Gasteiger partial charge in [0.1, 0.15) is 5.60 Å². The highest BCUT2D eigenvalue weighted by Gasteiger charge is 2.36. The molecule has 1 aliphatic carbocycles. The SMILES string of the molecule is Cn1cncc1C(NC(N)=O)C1=Cc2cccnc2[C@@H](N2CCN(C(=O)OC(C)(C)C)CC2)c2ccc(Cl)cc21. The molecule has 2 aliphatic rings. The van der Waals surface area contributed by atoms with Crippen LogP contribution in [0.25, 0.3) is 11.6 Å². The summed E-state index contributed by atoms with van der Waals surface area (Å²) in [7, 11) is 1.87. The first kappa shape index (κ1) is 27.7. The van der Waals surface area contributed by atoms with Crippen LogP contribution in [0.2, 0.25) is 5.02 Å². The van der Waals surface area contributed by atoms with Crippen molar-refractivity contribution in [2.75, 3.05) is 26.2 Å². The molecule has 10 nitrogen and oxygen atoms in total. The second-order valence-electron chi connectivity index (χ2n) is 11.1. The van der Waals surface area contributed by atoms with E-state index in [2.05, 4.69) is 15.2 Å². The first-order valence-corrected chi connectivity index (χ1v) is 13.6. The lowest BCUT2D eigenvalue weighted by atomic mass is 9.90. The molecule has 2 atom stereocenters. The van der Waals surface area contributed by atoms with Crippen molar-refractivity contribution >= 4 is 35.4 Å². The number of amides is 3. The Balaban J connectivity index is 1.58. The van der Waals surface area contributed by atoms with Crippen molar-refractivity contribution in [2.45, 2.75) is 38.5 Å². The van der Waals surface area contributed by atoms with E-state index in [1.165, 1.54) is 0 Å². The number of rotatable bonds is 4. The summed E-state index contributed by atoms with van der Waals surface area (Å²) in [5.41, 5.74) is 10.4. The van der Waals surface area contributed by atoms with Gasteiger partial charge in [0.2, 0.25) is 0 Å². The molecule has 3 amide bonds. The number of hydrogen-bond donors (Lipinski definition) is 2. The van der Waals surface area contributed by atoms with Gasteiger partial charge in [0.25, 0.3) is 0 Å². The van der Waals surface area contributed by atoms with Crippen molar-refractivity contribution in [3.05, 3.63) is 82.2 Å². The Hall–Kier alpha value is -3.89. The number of benzene rings is 1. The monoisotopic (exact) mass is 563 g/mol. The molecule has 1 saturated heterocycles. The van der Waals surface area contributed by atoms with Crippen LogP contribution in [0, 0.1) is 0 Å². The zero-order valence-corrected chi connectivity index (χ0v) is 23.9. The molecule has 1 unspecified atom stereocenters. The number of primary amides is 1.